The summed E-state index contributed by atoms with van der Waals surface area (Å²) in [4.78, 5) is 42.4. The Bertz CT molecular complexity index is 1490. The van der Waals surface area contributed by atoms with E-state index in [1.54, 1.807) is 4.90 Å². The van der Waals surface area contributed by atoms with Gasteiger partial charge in [-0.3, -0.25) is 13.9 Å². The number of hydrogen-bond donors (Lipinski definition) is 1. The maximum absolute atomic E-state index is 13.7. The lowest BCUT2D eigenvalue weighted by Crippen LogP contribution is -2.47. The van der Waals surface area contributed by atoms with Crippen molar-refractivity contribution in [1.29, 1.82) is 0 Å². The van der Waals surface area contributed by atoms with Gasteiger partial charge in [-0.2, -0.15) is 5.21 Å². The lowest BCUT2D eigenvalue weighted by molar-refractivity contribution is 0.0186. The van der Waals surface area contributed by atoms with Crippen LogP contribution in [-0.2, 0) is 11.3 Å². The standard InChI is InChI=1S/C24H27N7O4S/c1-24(2,3)35-23(34)29-11-9-16(10-12-29)31-21(32)20-17(13-18(36-20)15-7-5-4-6-8-15)30(22(31)33)14-19-25-27-28-26-19/h4-8,13,16H,9-12,14H2,1-3H3,(H,25,26,27,28). The van der Waals surface area contributed by atoms with Crippen LogP contribution in [-0.4, -0.2) is 59.4 Å². The first-order chi connectivity index (χ1) is 17.2. The Morgan fingerprint density at radius 3 is 2.53 bits per heavy atom. The molecule has 0 saturated carbocycles. The molecular weight excluding hydrogens is 482 g/mol. The molecule has 3 aromatic heterocycles. The van der Waals surface area contributed by atoms with Crippen molar-refractivity contribution in [3.05, 3.63) is 63.1 Å². The van der Waals surface area contributed by atoms with Crippen molar-refractivity contribution in [2.24, 2.45) is 0 Å². The Morgan fingerprint density at radius 2 is 1.89 bits per heavy atom. The number of likely N-dealkylation sites (tertiary alicyclic amines) is 1. The lowest BCUT2D eigenvalue weighted by Gasteiger charge is -2.34. The van der Waals surface area contributed by atoms with E-state index in [1.807, 2.05) is 57.2 Å². The smallest absolute Gasteiger partial charge is 0.410 e. The van der Waals surface area contributed by atoms with E-state index in [1.165, 1.54) is 20.5 Å². The van der Waals surface area contributed by atoms with E-state index in [2.05, 4.69) is 20.6 Å². The van der Waals surface area contributed by atoms with Crippen LogP contribution in [0.2, 0.25) is 0 Å². The number of tetrazole rings is 1. The van der Waals surface area contributed by atoms with Gasteiger partial charge in [-0.05, 0) is 45.2 Å². The van der Waals surface area contributed by atoms with Crippen LogP contribution in [0.15, 0.2) is 46.0 Å². The number of aromatic nitrogens is 6. The molecule has 1 amide bonds. The maximum Gasteiger partial charge on any atom is 0.410 e. The van der Waals surface area contributed by atoms with Gasteiger partial charge in [-0.1, -0.05) is 35.5 Å². The normalized spacial score (nSPS) is 14.9. The van der Waals surface area contributed by atoms with Gasteiger partial charge < -0.3 is 9.64 Å². The average Bonchev–Trinajstić information content (AvgIpc) is 3.52. The zero-order valence-electron chi connectivity index (χ0n) is 20.3. The van der Waals surface area contributed by atoms with Crippen molar-refractivity contribution >= 4 is 27.6 Å². The third-order valence-corrected chi connectivity index (χ3v) is 7.24. The Hall–Kier alpha value is -3.80. The minimum absolute atomic E-state index is 0.0772. The Labute approximate surface area is 210 Å². The lowest BCUT2D eigenvalue weighted by atomic mass is 10.1. The monoisotopic (exact) mass is 509 g/mol. The fourth-order valence-electron chi connectivity index (χ4n) is 4.41. The molecule has 1 N–H and O–H groups in total. The third-order valence-electron chi connectivity index (χ3n) is 6.08. The first-order valence-corrected chi connectivity index (χ1v) is 12.6. The highest BCUT2D eigenvalue weighted by Gasteiger charge is 2.30. The zero-order chi connectivity index (χ0) is 25.4. The van der Waals surface area contributed by atoms with Crippen LogP contribution in [0.5, 0.6) is 0 Å². The highest BCUT2D eigenvalue weighted by atomic mass is 32.1. The van der Waals surface area contributed by atoms with Crippen LogP contribution in [0, 0.1) is 0 Å². The van der Waals surface area contributed by atoms with Crippen molar-refractivity contribution in [2.75, 3.05) is 13.1 Å². The highest BCUT2D eigenvalue weighted by molar-refractivity contribution is 7.22. The van der Waals surface area contributed by atoms with E-state index < -0.39 is 11.3 Å². The molecule has 4 heterocycles. The maximum atomic E-state index is 13.7. The molecule has 0 unspecified atom stereocenters. The van der Waals surface area contributed by atoms with Crippen molar-refractivity contribution in [3.8, 4) is 10.4 Å². The van der Waals surface area contributed by atoms with Gasteiger partial charge >= 0.3 is 11.8 Å². The van der Waals surface area contributed by atoms with Crippen LogP contribution in [0.3, 0.4) is 0 Å². The average molecular weight is 510 g/mol. The summed E-state index contributed by atoms with van der Waals surface area (Å²) in [5.74, 6) is 0.343. The van der Waals surface area contributed by atoms with Crippen LogP contribution >= 0.6 is 11.3 Å². The predicted molar refractivity (Wildman–Crippen MR) is 135 cm³/mol. The minimum Gasteiger partial charge on any atom is -0.444 e. The topological polar surface area (TPSA) is 128 Å². The number of rotatable bonds is 4. The first kappa shape index (κ1) is 23.9. The molecule has 188 valence electrons. The number of amides is 1. The SMILES string of the molecule is CC(C)(C)OC(=O)N1CCC(n2c(=O)c3sc(-c4ccccc4)cc3n(Cc3nn[nH]n3)c2=O)CC1. The number of benzene rings is 1. The summed E-state index contributed by atoms with van der Waals surface area (Å²) in [6, 6.07) is 11.3. The van der Waals surface area contributed by atoms with Crippen LogP contribution in [0.4, 0.5) is 4.79 Å². The number of carbonyl (C=O) groups is 1. The second-order valence-corrected chi connectivity index (χ2v) is 10.8. The number of piperidine rings is 1. The number of nitrogens with zero attached hydrogens (tertiary/aromatic N) is 6. The molecule has 1 saturated heterocycles. The molecule has 0 bridgehead atoms. The van der Waals surface area contributed by atoms with E-state index >= 15 is 0 Å². The number of nitrogens with one attached hydrogen (secondary N) is 1. The Balaban J connectivity index is 1.54. The van der Waals surface area contributed by atoms with Gasteiger partial charge in [0.25, 0.3) is 5.56 Å². The second kappa shape index (κ2) is 9.34. The molecule has 0 atom stereocenters. The highest BCUT2D eigenvalue weighted by Crippen LogP contribution is 2.32. The number of carbonyl (C=O) groups excluding carboxylic acids is 1. The molecule has 1 aliphatic rings. The van der Waals surface area contributed by atoms with Crippen LogP contribution in [0.25, 0.3) is 20.7 Å². The quantitative estimate of drug-likeness (QED) is 0.448. The van der Waals surface area contributed by atoms with E-state index in [0.29, 0.717) is 42.0 Å². The molecule has 0 aliphatic carbocycles. The molecule has 4 aromatic rings. The van der Waals surface area contributed by atoms with Gasteiger partial charge in [0.2, 0.25) is 0 Å². The summed E-state index contributed by atoms with van der Waals surface area (Å²) in [6.07, 6.45) is 0.557. The largest absolute Gasteiger partial charge is 0.444 e. The predicted octanol–water partition coefficient (Wildman–Crippen LogP) is 3.03. The molecule has 1 aromatic carbocycles. The van der Waals surface area contributed by atoms with E-state index in [0.717, 1.165) is 10.4 Å². The van der Waals surface area contributed by atoms with Gasteiger partial charge in [0.05, 0.1) is 12.1 Å². The number of H-pyrrole nitrogens is 1. The zero-order valence-corrected chi connectivity index (χ0v) is 21.1. The first-order valence-electron chi connectivity index (χ1n) is 11.8. The summed E-state index contributed by atoms with van der Waals surface area (Å²) < 4.78 is 8.84. The van der Waals surface area contributed by atoms with Gasteiger partial charge in [-0.15, -0.1) is 21.5 Å². The van der Waals surface area contributed by atoms with Gasteiger partial charge in [-0.25, -0.2) is 9.59 Å². The summed E-state index contributed by atoms with van der Waals surface area (Å²) in [7, 11) is 0. The van der Waals surface area contributed by atoms with Gasteiger partial charge in [0.15, 0.2) is 5.82 Å². The fourth-order valence-corrected chi connectivity index (χ4v) is 5.51. The minimum atomic E-state index is -0.589. The van der Waals surface area contributed by atoms with Crippen molar-refractivity contribution in [2.45, 2.75) is 51.8 Å². The Kier molecular flexibility index (Phi) is 6.20. The third kappa shape index (κ3) is 4.68. The summed E-state index contributed by atoms with van der Waals surface area (Å²) in [5.41, 5.74) is 0.177. The molecular formula is C24H27N7O4S. The molecule has 36 heavy (non-hydrogen) atoms. The number of thiophene rings is 1. The van der Waals surface area contributed by atoms with E-state index in [4.69, 9.17) is 4.74 Å². The van der Waals surface area contributed by atoms with E-state index in [-0.39, 0.29) is 24.2 Å². The fraction of sp³-hybridized carbons (Fsp3) is 0.417. The molecule has 5 rings (SSSR count). The van der Waals surface area contributed by atoms with Crippen molar-refractivity contribution < 1.29 is 9.53 Å². The van der Waals surface area contributed by atoms with Crippen molar-refractivity contribution in [3.63, 3.8) is 0 Å². The summed E-state index contributed by atoms with van der Waals surface area (Å²) >= 11 is 1.36. The Morgan fingerprint density at radius 1 is 1.17 bits per heavy atom. The second-order valence-electron chi connectivity index (χ2n) is 9.76. The van der Waals surface area contributed by atoms with E-state index in [9.17, 15) is 14.4 Å². The van der Waals surface area contributed by atoms with Gasteiger partial charge in [0, 0.05) is 24.0 Å². The number of ether oxygens (including phenoxy) is 1. The molecule has 0 spiro atoms. The number of fused-ring (bicyclic) bond motifs is 1. The molecule has 1 fully saturated rings. The molecule has 0 radical (unpaired) electrons. The van der Waals surface area contributed by atoms with Gasteiger partial charge in [0.1, 0.15) is 10.3 Å². The summed E-state index contributed by atoms with van der Waals surface area (Å²) in [6.45, 7) is 6.34. The number of aromatic amines is 1. The number of hydrogen-bond acceptors (Lipinski definition) is 8. The molecule has 11 nitrogen and oxygen atoms in total. The van der Waals surface area contributed by atoms with Crippen molar-refractivity contribution in [1.82, 2.24) is 34.7 Å². The summed E-state index contributed by atoms with van der Waals surface area (Å²) in [5, 5.41) is 14.0. The van der Waals surface area contributed by atoms with Crippen LogP contribution in [0.1, 0.15) is 45.5 Å². The van der Waals surface area contributed by atoms with Crippen LogP contribution < -0.4 is 11.2 Å². The molecule has 1 aliphatic heterocycles. The molecule has 12 heteroatoms.